The highest BCUT2D eigenvalue weighted by molar-refractivity contribution is 7.89. The van der Waals surface area contributed by atoms with Crippen LogP contribution in [-0.4, -0.2) is 40.0 Å². The van der Waals surface area contributed by atoms with Gasteiger partial charge in [-0.05, 0) is 47.5 Å². The van der Waals surface area contributed by atoms with E-state index in [4.69, 9.17) is 14.2 Å². The van der Waals surface area contributed by atoms with Gasteiger partial charge in [0, 0.05) is 5.39 Å². The zero-order chi connectivity index (χ0) is 23.1. The van der Waals surface area contributed by atoms with Crippen molar-refractivity contribution in [3.8, 4) is 17.2 Å². The summed E-state index contributed by atoms with van der Waals surface area (Å²) < 4.78 is 81.3. The van der Waals surface area contributed by atoms with Crippen molar-refractivity contribution in [2.24, 2.45) is 0 Å². The Morgan fingerprint density at radius 3 is 2.00 bits per heavy atom. The fourth-order valence-electron chi connectivity index (χ4n) is 3.34. The van der Waals surface area contributed by atoms with Crippen molar-refractivity contribution < 1.29 is 35.8 Å². The monoisotopic (exact) mass is 455 g/mol. The molecular formula is C21H20F3NO5S. The second-order valence-electron chi connectivity index (χ2n) is 6.72. The molecule has 0 spiro atoms. The molecule has 0 N–H and O–H groups in total. The molecule has 0 aliphatic rings. The van der Waals surface area contributed by atoms with Crippen LogP contribution in [0, 0.1) is 0 Å². The van der Waals surface area contributed by atoms with Gasteiger partial charge in [0.2, 0.25) is 15.8 Å². The van der Waals surface area contributed by atoms with Gasteiger partial charge in [0.05, 0.1) is 44.4 Å². The summed E-state index contributed by atoms with van der Waals surface area (Å²) in [4.78, 5) is 0. The highest BCUT2D eigenvalue weighted by Gasteiger charge is 2.31. The van der Waals surface area contributed by atoms with Crippen LogP contribution in [0.15, 0.2) is 43.0 Å². The Kier molecular flexibility index (Phi) is 5.70. The van der Waals surface area contributed by atoms with Crippen molar-refractivity contribution in [3.63, 3.8) is 0 Å². The lowest BCUT2D eigenvalue weighted by Crippen LogP contribution is -2.13. The zero-order valence-corrected chi connectivity index (χ0v) is 18.0. The summed E-state index contributed by atoms with van der Waals surface area (Å²) >= 11 is 0. The molecule has 0 radical (unpaired) electrons. The normalized spacial score (nSPS) is 12.1. The van der Waals surface area contributed by atoms with E-state index in [1.807, 2.05) is 0 Å². The Balaban J connectivity index is 2.28. The maximum Gasteiger partial charge on any atom is 0.416 e. The van der Waals surface area contributed by atoms with Crippen molar-refractivity contribution in [1.82, 2.24) is 3.97 Å². The van der Waals surface area contributed by atoms with E-state index in [0.29, 0.717) is 22.8 Å². The maximum atomic E-state index is 13.1. The number of nitrogens with zero attached hydrogens (tertiary/aromatic N) is 1. The molecule has 0 aliphatic heterocycles. The fraction of sp³-hybridized carbons (Fsp3) is 0.238. The van der Waals surface area contributed by atoms with Crippen LogP contribution in [0.1, 0.15) is 16.8 Å². The van der Waals surface area contributed by atoms with Gasteiger partial charge in [-0.15, -0.1) is 0 Å². The first-order valence-electron chi connectivity index (χ1n) is 8.85. The highest BCUT2D eigenvalue weighted by Crippen LogP contribution is 2.42. The first kappa shape index (κ1) is 22.5. The number of hydrogen-bond donors (Lipinski definition) is 0. The number of methoxy groups -OCH3 is 3. The molecule has 3 aromatic rings. The van der Waals surface area contributed by atoms with Crippen molar-refractivity contribution in [3.05, 3.63) is 59.8 Å². The maximum absolute atomic E-state index is 13.1. The second-order valence-corrected chi connectivity index (χ2v) is 8.55. The number of hydrogen-bond acceptors (Lipinski definition) is 5. The predicted molar refractivity (Wildman–Crippen MR) is 111 cm³/mol. The summed E-state index contributed by atoms with van der Waals surface area (Å²) in [6.45, 7) is 3.98. The van der Waals surface area contributed by atoms with Gasteiger partial charge in [-0.1, -0.05) is 6.58 Å². The van der Waals surface area contributed by atoms with Crippen LogP contribution in [-0.2, 0) is 16.2 Å². The summed E-state index contributed by atoms with van der Waals surface area (Å²) in [7, 11) is 0.417. The average molecular weight is 455 g/mol. The van der Waals surface area contributed by atoms with Gasteiger partial charge in [-0.25, -0.2) is 12.4 Å². The van der Waals surface area contributed by atoms with E-state index in [1.54, 1.807) is 12.1 Å². The first-order chi connectivity index (χ1) is 14.4. The van der Waals surface area contributed by atoms with Gasteiger partial charge in [0.25, 0.3) is 0 Å². The van der Waals surface area contributed by atoms with E-state index in [-0.39, 0.29) is 22.2 Å². The molecule has 1 aromatic heterocycles. The number of halogens is 3. The summed E-state index contributed by atoms with van der Waals surface area (Å²) in [6.07, 6.45) is -3.59. The van der Waals surface area contributed by atoms with Crippen molar-refractivity contribution in [2.75, 3.05) is 27.6 Å². The van der Waals surface area contributed by atoms with E-state index in [1.165, 1.54) is 27.4 Å². The minimum atomic E-state index is -4.56. The number of fused-ring (bicyclic) bond motifs is 1. The van der Waals surface area contributed by atoms with Crippen molar-refractivity contribution >= 4 is 26.5 Å². The standard InChI is InChI=1S/C21H20F3NO5S/c1-12(13-10-18(28-2)20(30-4)19(11-13)29-3)17-9-14-8-15(21(22,23)24)6-7-16(14)25(17)31(5,26)27/h6-11H,1H2,2-5H3. The van der Waals surface area contributed by atoms with Crippen LogP contribution < -0.4 is 14.2 Å². The summed E-state index contributed by atoms with van der Waals surface area (Å²) in [5.74, 6) is 0.971. The lowest BCUT2D eigenvalue weighted by Gasteiger charge is -2.16. The smallest absolute Gasteiger partial charge is 0.416 e. The molecule has 0 bridgehead atoms. The molecule has 2 aromatic carbocycles. The van der Waals surface area contributed by atoms with E-state index in [0.717, 1.165) is 28.4 Å². The molecule has 0 aliphatic carbocycles. The fourth-order valence-corrected chi connectivity index (χ4v) is 4.38. The SMILES string of the molecule is C=C(c1cc(OC)c(OC)c(OC)c1)c1cc2cc(C(F)(F)F)ccc2n1S(C)(=O)=O. The van der Waals surface area contributed by atoms with Crippen molar-refractivity contribution in [1.29, 1.82) is 0 Å². The third kappa shape index (κ3) is 4.07. The topological polar surface area (TPSA) is 66.8 Å². The third-order valence-corrected chi connectivity index (χ3v) is 5.80. The molecule has 0 amide bonds. The average Bonchev–Trinajstić information content (AvgIpc) is 3.10. The van der Waals surface area contributed by atoms with Crippen LogP contribution in [0.5, 0.6) is 17.2 Å². The van der Waals surface area contributed by atoms with E-state index >= 15 is 0 Å². The Morgan fingerprint density at radius 1 is 0.968 bits per heavy atom. The Bertz CT molecular complexity index is 1250. The van der Waals surface area contributed by atoms with Crippen LogP contribution >= 0.6 is 0 Å². The molecule has 10 heteroatoms. The Morgan fingerprint density at radius 2 is 1.55 bits per heavy atom. The molecule has 6 nitrogen and oxygen atoms in total. The number of rotatable bonds is 6. The largest absolute Gasteiger partial charge is 0.493 e. The van der Waals surface area contributed by atoms with Gasteiger partial charge in [-0.3, -0.25) is 0 Å². The molecule has 3 rings (SSSR count). The molecule has 166 valence electrons. The number of benzene rings is 2. The van der Waals surface area contributed by atoms with Crippen LogP contribution in [0.4, 0.5) is 13.2 Å². The minimum Gasteiger partial charge on any atom is -0.493 e. The van der Waals surface area contributed by atoms with Crippen LogP contribution in [0.2, 0.25) is 0 Å². The molecule has 0 fully saturated rings. The van der Waals surface area contributed by atoms with Gasteiger partial charge < -0.3 is 14.2 Å². The van der Waals surface area contributed by atoms with Crippen molar-refractivity contribution in [2.45, 2.75) is 6.18 Å². The molecule has 0 saturated carbocycles. The molecule has 0 unspecified atom stereocenters. The number of alkyl halides is 3. The van der Waals surface area contributed by atoms with Gasteiger partial charge >= 0.3 is 6.18 Å². The molecule has 31 heavy (non-hydrogen) atoms. The minimum absolute atomic E-state index is 0.110. The van der Waals surface area contributed by atoms with Gasteiger partial charge in [0.1, 0.15) is 0 Å². The first-order valence-corrected chi connectivity index (χ1v) is 10.7. The van der Waals surface area contributed by atoms with E-state index in [2.05, 4.69) is 6.58 Å². The summed E-state index contributed by atoms with van der Waals surface area (Å²) in [5, 5.41) is 0.115. The quantitative estimate of drug-likeness (QED) is 0.545. The Labute approximate surface area is 177 Å². The number of aromatic nitrogens is 1. The molecule has 0 atom stereocenters. The lowest BCUT2D eigenvalue weighted by molar-refractivity contribution is -0.137. The second kappa shape index (κ2) is 7.84. The molecule has 0 saturated heterocycles. The van der Waals surface area contributed by atoms with Crippen LogP contribution in [0.3, 0.4) is 0 Å². The van der Waals surface area contributed by atoms with E-state index in [9.17, 15) is 21.6 Å². The third-order valence-electron chi connectivity index (χ3n) is 4.74. The zero-order valence-electron chi connectivity index (χ0n) is 17.2. The Hall–Kier alpha value is -3.14. The highest BCUT2D eigenvalue weighted by atomic mass is 32.2. The predicted octanol–water partition coefficient (Wildman–Crippen LogP) is 4.56. The van der Waals surface area contributed by atoms with Crippen LogP contribution in [0.25, 0.3) is 16.5 Å². The summed E-state index contributed by atoms with van der Waals surface area (Å²) in [6, 6.07) is 7.39. The van der Waals surface area contributed by atoms with Gasteiger partial charge in [0.15, 0.2) is 11.5 Å². The molecule has 1 heterocycles. The molecular weight excluding hydrogens is 435 g/mol. The summed E-state index contributed by atoms with van der Waals surface area (Å²) in [5.41, 5.74) is 0.0356. The lowest BCUT2D eigenvalue weighted by atomic mass is 10.0. The number of ether oxygens (including phenoxy) is 3. The van der Waals surface area contributed by atoms with E-state index < -0.39 is 21.8 Å². The van der Waals surface area contributed by atoms with Gasteiger partial charge in [-0.2, -0.15) is 13.2 Å².